The smallest absolute Gasteiger partial charge is 0.225 e. The minimum atomic E-state index is 0.450. The average molecular weight is 312 g/mol. The summed E-state index contributed by atoms with van der Waals surface area (Å²) in [6, 6.07) is 0. The third kappa shape index (κ3) is 3.22. The fraction of sp³-hybridized carbons (Fsp3) is 0.714. The molecular weight excluding hydrogens is 290 g/mol. The molecule has 0 N–H and O–H groups in total. The Morgan fingerprint density at radius 1 is 1.22 bits per heavy atom. The van der Waals surface area contributed by atoms with Crippen LogP contribution in [0.3, 0.4) is 0 Å². The number of aromatic nitrogens is 2. The van der Waals surface area contributed by atoms with Gasteiger partial charge in [0.1, 0.15) is 0 Å². The predicted molar refractivity (Wildman–Crippen MR) is 79.4 cm³/mol. The number of alkyl halides is 1. The molecule has 0 spiro atoms. The fourth-order valence-electron chi connectivity index (χ4n) is 2.44. The monoisotopic (exact) mass is 311 g/mol. The number of hydrogen-bond acceptors (Lipinski definition) is 3. The summed E-state index contributed by atoms with van der Waals surface area (Å²) in [7, 11) is 0. The Bertz CT molecular complexity index is 385. The van der Waals surface area contributed by atoms with E-state index in [1.165, 1.54) is 36.9 Å². The maximum absolute atomic E-state index is 4.79. The minimum absolute atomic E-state index is 0.450. The zero-order valence-electron chi connectivity index (χ0n) is 11.3. The fourth-order valence-corrected chi connectivity index (χ4v) is 2.87. The number of rotatable bonds is 3. The van der Waals surface area contributed by atoms with Gasteiger partial charge in [-0.1, -0.05) is 42.6 Å². The first-order chi connectivity index (χ1) is 8.72. The van der Waals surface area contributed by atoms with E-state index in [-0.39, 0.29) is 0 Å². The van der Waals surface area contributed by atoms with E-state index >= 15 is 0 Å². The van der Waals surface area contributed by atoms with Gasteiger partial charge in [-0.2, -0.15) is 0 Å². The van der Waals surface area contributed by atoms with Crippen LogP contribution in [0.25, 0.3) is 0 Å². The molecule has 1 aliphatic rings. The minimum Gasteiger partial charge on any atom is -0.341 e. The molecule has 1 aromatic heterocycles. The first kappa shape index (κ1) is 13.8. The summed E-state index contributed by atoms with van der Waals surface area (Å²) in [6.07, 6.45) is 7.19. The second kappa shape index (κ2) is 6.50. The number of halogens is 1. The quantitative estimate of drug-likeness (QED) is 0.793. The lowest BCUT2D eigenvalue weighted by Crippen LogP contribution is -2.26. The highest BCUT2D eigenvalue weighted by Crippen LogP contribution is 2.22. The molecule has 1 aliphatic heterocycles. The maximum Gasteiger partial charge on any atom is 0.225 e. The van der Waals surface area contributed by atoms with Gasteiger partial charge in [-0.25, -0.2) is 9.97 Å². The summed E-state index contributed by atoms with van der Waals surface area (Å²) in [5.74, 6) is 1.37. The lowest BCUT2D eigenvalue weighted by Gasteiger charge is -2.22. The van der Waals surface area contributed by atoms with E-state index in [9.17, 15) is 0 Å². The van der Waals surface area contributed by atoms with E-state index in [0.29, 0.717) is 5.92 Å². The summed E-state index contributed by atoms with van der Waals surface area (Å²) in [5, 5.41) is 0.834. The van der Waals surface area contributed by atoms with Crippen LogP contribution in [0.5, 0.6) is 0 Å². The van der Waals surface area contributed by atoms with E-state index in [2.05, 4.69) is 39.7 Å². The van der Waals surface area contributed by atoms with Gasteiger partial charge < -0.3 is 4.90 Å². The predicted octanol–water partition coefficient (Wildman–Crippen LogP) is 3.88. The third-order valence-electron chi connectivity index (χ3n) is 3.47. The van der Waals surface area contributed by atoms with E-state index in [1.807, 2.05) is 6.20 Å². The SMILES string of the molecule is CC(C)c1nc(N2CCCCCC2)ncc1CBr. The largest absolute Gasteiger partial charge is 0.341 e. The van der Waals surface area contributed by atoms with Crippen molar-refractivity contribution in [3.05, 3.63) is 17.5 Å². The van der Waals surface area contributed by atoms with Gasteiger partial charge in [0, 0.05) is 30.2 Å². The summed E-state index contributed by atoms with van der Waals surface area (Å²) in [5.41, 5.74) is 2.39. The summed E-state index contributed by atoms with van der Waals surface area (Å²) >= 11 is 3.52. The molecule has 2 heterocycles. The second-order valence-electron chi connectivity index (χ2n) is 5.27. The Morgan fingerprint density at radius 2 is 1.89 bits per heavy atom. The Morgan fingerprint density at radius 3 is 2.44 bits per heavy atom. The van der Waals surface area contributed by atoms with E-state index in [4.69, 9.17) is 4.98 Å². The lowest BCUT2D eigenvalue weighted by molar-refractivity contribution is 0.726. The third-order valence-corrected chi connectivity index (χ3v) is 4.07. The first-order valence-electron chi connectivity index (χ1n) is 6.89. The van der Waals surface area contributed by atoms with Crippen LogP contribution in [-0.2, 0) is 5.33 Å². The van der Waals surface area contributed by atoms with Crippen LogP contribution in [0.2, 0.25) is 0 Å². The molecule has 1 saturated heterocycles. The normalized spacial score (nSPS) is 17.0. The summed E-state index contributed by atoms with van der Waals surface area (Å²) in [4.78, 5) is 11.7. The van der Waals surface area contributed by atoms with Crippen molar-refractivity contribution >= 4 is 21.9 Å². The van der Waals surface area contributed by atoms with E-state index < -0.39 is 0 Å². The molecule has 0 atom stereocenters. The van der Waals surface area contributed by atoms with Crippen molar-refractivity contribution in [2.24, 2.45) is 0 Å². The van der Waals surface area contributed by atoms with Crippen LogP contribution in [0.1, 0.15) is 56.7 Å². The number of anilines is 1. The van der Waals surface area contributed by atoms with Gasteiger partial charge in [-0.3, -0.25) is 0 Å². The van der Waals surface area contributed by atoms with Gasteiger partial charge in [0.15, 0.2) is 0 Å². The van der Waals surface area contributed by atoms with Gasteiger partial charge in [-0.05, 0) is 18.8 Å². The van der Waals surface area contributed by atoms with Crippen LogP contribution in [-0.4, -0.2) is 23.1 Å². The van der Waals surface area contributed by atoms with Crippen molar-refractivity contribution < 1.29 is 0 Å². The maximum atomic E-state index is 4.79. The molecule has 18 heavy (non-hydrogen) atoms. The molecule has 0 aliphatic carbocycles. The Hall–Kier alpha value is -0.640. The highest BCUT2D eigenvalue weighted by atomic mass is 79.9. The molecule has 3 nitrogen and oxygen atoms in total. The summed E-state index contributed by atoms with van der Waals surface area (Å²) in [6.45, 7) is 6.60. The second-order valence-corrected chi connectivity index (χ2v) is 5.83. The molecule has 100 valence electrons. The molecule has 4 heteroatoms. The molecule has 0 unspecified atom stereocenters. The molecule has 0 radical (unpaired) electrons. The molecule has 1 aromatic rings. The molecule has 0 amide bonds. The van der Waals surface area contributed by atoms with E-state index in [1.54, 1.807) is 0 Å². The Balaban J connectivity index is 2.24. The van der Waals surface area contributed by atoms with E-state index in [0.717, 1.165) is 24.4 Å². The van der Waals surface area contributed by atoms with Crippen molar-refractivity contribution in [2.45, 2.75) is 50.8 Å². The topological polar surface area (TPSA) is 29.0 Å². The average Bonchev–Trinajstić information content (AvgIpc) is 2.66. The van der Waals surface area contributed by atoms with Crippen LogP contribution in [0.15, 0.2) is 6.20 Å². The van der Waals surface area contributed by atoms with Gasteiger partial charge in [0.2, 0.25) is 5.95 Å². The lowest BCUT2D eigenvalue weighted by atomic mass is 10.1. The molecule has 0 saturated carbocycles. The van der Waals surface area contributed by atoms with Crippen molar-refractivity contribution in [1.82, 2.24) is 9.97 Å². The number of nitrogens with zero attached hydrogens (tertiary/aromatic N) is 3. The van der Waals surface area contributed by atoms with Crippen LogP contribution < -0.4 is 4.90 Å². The standard InChI is InChI=1S/C14H22BrN3/c1-11(2)13-12(9-15)10-16-14(17-13)18-7-5-3-4-6-8-18/h10-11H,3-9H2,1-2H3. The van der Waals surface area contributed by atoms with Crippen LogP contribution in [0, 0.1) is 0 Å². The summed E-state index contributed by atoms with van der Waals surface area (Å²) < 4.78 is 0. The van der Waals surface area contributed by atoms with Gasteiger partial charge >= 0.3 is 0 Å². The number of hydrogen-bond donors (Lipinski definition) is 0. The first-order valence-corrected chi connectivity index (χ1v) is 8.01. The van der Waals surface area contributed by atoms with Gasteiger partial charge in [0.25, 0.3) is 0 Å². The molecule has 0 bridgehead atoms. The van der Waals surface area contributed by atoms with Gasteiger partial charge in [-0.15, -0.1) is 0 Å². The Labute approximate surface area is 118 Å². The van der Waals surface area contributed by atoms with Crippen molar-refractivity contribution in [2.75, 3.05) is 18.0 Å². The molecule has 1 fully saturated rings. The van der Waals surface area contributed by atoms with Crippen LogP contribution >= 0.6 is 15.9 Å². The highest BCUT2D eigenvalue weighted by Gasteiger charge is 2.15. The zero-order valence-corrected chi connectivity index (χ0v) is 12.9. The highest BCUT2D eigenvalue weighted by molar-refractivity contribution is 9.08. The van der Waals surface area contributed by atoms with Crippen molar-refractivity contribution in [1.29, 1.82) is 0 Å². The molecule has 2 rings (SSSR count). The molecular formula is C14H22BrN3. The van der Waals surface area contributed by atoms with Gasteiger partial charge in [0.05, 0.1) is 5.69 Å². The van der Waals surface area contributed by atoms with Crippen molar-refractivity contribution in [3.8, 4) is 0 Å². The zero-order chi connectivity index (χ0) is 13.0. The Kier molecular flexibility index (Phi) is 4.98. The van der Waals surface area contributed by atoms with Crippen LogP contribution in [0.4, 0.5) is 5.95 Å². The van der Waals surface area contributed by atoms with Crippen molar-refractivity contribution in [3.63, 3.8) is 0 Å². The molecule has 0 aromatic carbocycles.